The normalized spacial score (nSPS) is 50.7. The number of rotatable bonds is 4. The average Bonchev–Trinajstić information content (AvgIpc) is 3.14. The predicted octanol–water partition coefficient (Wildman–Crippen LogP) is 2.84. The first-order valence-electron chi connectivity index (χ1n) is 12.5. The van der Waals surface area contributed by atoms with Crippen LogP contribution in [0.4, 0.5) is 4.39 Å². The van der Waals surface area contributed by atoms with Crippen LogP contribution in [0.3, 0.4) is 0 Å². The van der Waals surface area contributed by atoms with E-state index in [1.54, 1.807) is 20.8 Å². The third kappa shape index (κ3) is 3.37. The lowest BCUT2D eigenvalue weighted by molar-refractivity contribution is -0.269. The fraction of sp³-hybridized carbons (Fsp3) is 0.917. The van der Waals surface area contributed by atoms with Gasteiger partial charge in [0.1, 0.15) is 18.1 Å². The number of phosphoric acid groups is 1. The fourth-order valence-electron chi connectivity index (χ4n) is 8.90. The summed E-state index contributed by atoms with van der Waals surface area (Å²) < 4.78 is 45.7. The molecular weight excluding hydrogens is 482 g/mol. The number of ketones is 2. The van der Waals surface area contributed by atoms with Gasteiger partial charge in [0.2, 0.25) is 0 Å². The Morgan fingerprint density at radius 1 is 1.17 bits per heavy atom. The van der Waals surface area contributed by atoms with Crippen LogP contribution in [0.15, 0.2) is 0 Å². The Bertz CT molecular complexity index is 997. The number of phosphoric ester groups is 1. The maximum atomic E-state index is 17.4. The minimum atomic E-state index is -4.92. The molecule has 4 saturated carbocycles. The van der Waals surface area contributed by atoms with Crippen molar-refractivity contribution in [3.05, 3.63) is 0 Å². The van der Waals surface area contributed by atoms with Crippen LogP contribution in [0.2, 0.25) is 0 Å². The first-order valence-corrected chi connectivity index (χ1v) is 14.0. The van der Waals surface area contributed by atoms with Gasteiger partial charge in [-0.25, -0.2) is 8.96 Å². The molecule has 5 rings (SSSR count). The first-order chi connectivity index (χ1) is 16.0. The Labute approximate surface area is 204 Å². The van der Waals surface area contributed by atoms with Crippen molar-refractivity contribution in [2.75, 3.05) is 6.61 Å². The van der Waals surface area contributed by atoms with Gasteiger partial charge >= 0.3 is 7.82 Å². The fourth-order valence-corrected chi connectivity index (χ4v) is 9.19. The lowest BCUT2D eigenvalue weighted by Gasteiger charge is -2.65. The van der Waals surface area contributed by atoms with E-state index in [-0.39, 0.29) is 24.0 Å². The Morgan fingerprint density at radius 3 is 2.51 bits per heavy atom. The van der Waals surface area contributed by atoms with Crippen LogP contribution in [-0.2, 0) is 28.2 Å². The van der Waals surface area contributed by atoms with E-state index in [1.165, 1.54) is 0 Å². The zero-order valence-electron chi connectivity index (χ0n) is 20.7. The van der Waals surface area contributed by atoms with Crippen LogP contribution in [0.5, 0.6) is 0 Å². The number of hydrogen-bond acceptors (Lipinski definition) is 7. The second-order valence-electron chi connectivity index (χ2n) is 12.3. The highest BCUT2D eigenvalue weighted by atomic mass is 31.2. The van der Waals surface area contributed by atoms with Gasteiger partial charge in [-0.1, -0.05) is 13.8 Å². The second kappa shape index (κ2) is 7.65. The van der Waals surface area contributed by atoms with Crippen molar-refractivity contribution in [2.45, 2.75) is 102 Å². The van der Waals surface area contributed by atoms with Gasteiger partial charge in [0, 0.05) is 23.7 Å². The molecule has 9 nitrogen and oxygen atoms in total. The zero-order chi connectivity index (χ0) is 25.8. The number of halogens is 1. The van der Waals surface area contributed by atoms with Crippen LogP contribution >= 0.6 is 7.82 Å². The Kier molecular flexibility index (Phi) is 5.66. The lowest BCUT2D eigenvalue weighted by Crippen LogP contribution is -2.71. The summed E-state index contributed by atoms with van der Waals surface area (Å²) in [5.41, 5.74) is -5.47. The van der Waals surface area contributed by atoms with E-state index in [0.717, 1.165) is 0 Å². The van der Waals surface area contributed by atoms with Crippen molar-refractivity contribution in [1.29, 1.82) is 0 Å². The molecule has 0 bridgehead atoms. The number of carbonyl (C=O) groups excluding carboxylic acids is 2. The number of alkyl halides is 1. The molecule has 35 heavy (non-hydrogen) atoms. The van der Waals surface area contributed by atoms with Crippen molar-refractivity contribution < 1.29 is 47.4 Å². The SMILES string of the molecule is CC1(C)O[C@@H]2C[C@H]3[C@@H]4CC[C@H]5CC(=O)CC[C@]5(C)[C@@]4(F)[C@@H](O)C[C@]3(C)[C@]2(C(=O)COP(=O)(O)O)O1. The summed E-state index contributed by atoms with van der Waals surface area (Å²) in [6.07, 6.45) is 0.233. The van der Waals surface area contributed by atoms with E-state index in [2.05, 4.69) is 4.52 Å². The minimum absolute atomic E-state index is 0.0709. The van der Waals surface area contributed by atoms with E-state index < -0.39 is 66.2 Å². The van der Waals surface area contributed by atoms with E-state index >= 15 is 4.39 Å². The predicted molar refractivity (Wildman–Crippen MR) is 120 cm³/mol. The molecule has 3 N–H and O–H groups in total. The zero-order valence-corrected chi connectivity index (χ0v) is 21.6. The van der Waals surface area contributed by atoms with Crippen LogP contribution in [0.1, 0.15) is 72.6 Å². The summed E-state index contributed by atoms with van der Waals surface area (Å²) in [7, 11) is -4.92. The standard InChI is InChI=1S/C24H36FO9P/c1-20(2)33-19-10-16-15-6-5-13-9-14(26)7-8-21(13,3)23(15,25)17(27)11-22(16,4)24(19,34-20)18(28)12-32-35(29,30)31/h13,15-17,19,27H,5-12H2,1-4H3,(H2,29,30,31)/t13-,15-,16-,17-,19+,21-,22-,23-,24+/m0/s1. The van der Waals surface area contributed by atoms with Gasteiger partial charge in [0.15, 0.2) is 17.2 Å². The highest BCUT2D eigenvalue weighted by Crippen LogP contribution is 2.73. The Hall–Kier alpha value is -0.740. The van der Waals surface area contributed by atoms with Crippen LogP contribution in [0, 0.1) is 28.6 Å². The van der Waals surface area contributed by atoms with E-state index in [9.17, 15) is 29.0 Å². The number of Topliss-reactive ketones (excluding diaryl/α,β-unsaturated/α-hetero) is 2. The minimum Gasteiger partial charge on any atom is -0.390 e. The molecule has 1 heterocycles. The number of carbonyl (C=O) groups is 2. The van der Waals surface area contributed by atoms with Crippen molar-refractivity contribution in [1.82, 2.24) is 0 Å². The smallest absolute Gasteiger partial charge is 0.390 e. The number of fused-ring (bicyclic) bond motifs is 7. The Morgan fingerprint density at radius 2 is 1.86 bits per heavy atom. The number of aliphatic hydroxyl groups is 1. The van der Waals surface area contributed by atoms with Gasteiger partial charge in [0.05, 0.1) is 12.2 Å². The lowest BCUT2D eigenvalue weighted by atomic mass is 9.42. The molecule has 9 atom stereocenters. The monoisotopic (exact) mass is 518 g/mol. The van der Waals surface area contributed by atoms with Crippen LogP contribution in [0.25, 0.3) is 0 Å². The average molecular weight is 519 g/mol. The quantitative estimate of drug-likeness (QED) is 0.479. The summed E-state index contributed by atoms with van der Waals surface area (Å²) in [4.78, 5) is 44.2. The van der Waals surface area contributed by atoms with Gasteiger partial charge in [-0.15, -0.1) is 0 Å². The number of aliphatic hydroxyl groups excluding tert-OH is 1. The molecule has 0 aromatic rings. The van der Waals surface area contributed by atoms with Gasteiger partial charge in [-0.2, -0.15) is 0 Å². The topological polar surface area (TPSA) is 140 Å². The summed E-state index contributed by atoms with van der Waals surface area (Å²) in [6.45, 7) is 6.10. The van der Waals surface area contributed by atoms with Gasteiger partial charge in [-0.3, -0.25) is 14.1 Å². The molecule has 198 valence electrons. The first kappa shape index (κ1) is 25.9. The van der Waals surface area contributed by atoms with Crippen molar-refractivity contribution in [3.8, 4) is 0 Å². The highest BCUT2D eigenvalue weighted by molar-refractivity contribution is 7.46. The number of ether oxygens (including phenoxy) is 2. The van der Waals surface area contributed by atoms with E-state index in [1.807, 2.05) is 6.92 Å². The van der Waals surface area contributed by atoms with E-state index in [4.69, 9.17) is 9.47 Å². The highest BCUT2D eigenvalue weighted by Gasteiger charge is 2.80. The molecule has 1 saturated heterocycles. The molecule has 1 aliphatic heterocycles. The summed E-state index contributed by atoms with van der Waals surface area (Å²) in [5.74, 6) is -2.77. The third-order valence-electron chi connectivity index (χ3n) is 10.3. The van der Waals surface area contributed by atoms with Crippen molar-refractivity contribution in [2.24, 2.45) is 28.6 Å². The molecule has 4 aliphatic carbocycles. The molecule has 5 aliphatic rings. The van der Waals surface area contributed by atoms with Crippen LogP contribution in [-0.4, -0.2) is 62.3 Å². The van der Waals surface area contributed by atoms with Crippen molar-refractivity contribution in [3.63, 3.8) is 0 Å². The summed E-state index contributed by atoms with van der Waals surface area (Å²) in [6, 6.07) is 0. The van der Waals surface area contributed by atoms with Gasteiger partial charge < -0.3 is 24.4 Å². The summed E-state index contributed by atoms with van der Waals surface area (Å²) >= 11 is 0. The van der Waals surface area contributed by atoms with Gasteiger partial charge in [-0.05, 0) is 63.7 Å². The maximum absolute atomic E-state index is 17.4. The molecule has 0 amide bonds. The third-order valence-corrected chi connectivity index (χ3v) is 10.8. The van der Waals surface area contributed by atoms with Crippen molar-refractivity contribution >= 4 is 19.4 Å². The number of hydrogen-bond donors (Lipinski definition) is 3. The van der Waals surface area contributed by atoms with Gasteiger partial charge in [0.25, 0.3) is 0 Å². The Balaban J connectivity index is 1.56. The maximum Gasteiger partial charge on any atom is 0.470 e. The second-order valence-corrected chi connectivity index (χ2v) is 13.6. The van der Waals surface area contributed by atoms with Crippen LogP contribution < -0.4 is 0 Å². The molecule has 5 fully saturated rings. The molecule has 0 unspecified atom stereocenters. The summed E-state index contributed by atoms with van der Waals surface area (Å²) in [5, 5.41) is 11.5. The van der Waals surface area contributed by atoms with E-state index in [0.29, 0.717) is 38.5 Å². The molecule has 0 aromatic heterocycles. The molecule has 0 radical (unpaired) electrons. The molecular formula is C24H36FO9P. The molecule has 0 spiro atoms. The molecule has 0 aromatic carbocycles. The largest absolute Gasteiger partial charge is 0.470 e. The molecule has 11 heteroatoms.